The molecule has 2 aromatic rings. The molecule has 0 bridgehead atoms. The standard InChI is InChI=1S/C18H25N5OS.HI/c1-13-9-21-17(25-13)12-23-18(19-2)22-11-14-7-8-16(20-10-14)24-15-5-3-4-6-15;/h7-10,15H,3-6,11-12H2,1-2H3,(H2,19,22,23);1H. The normalized spacial score (nSPS) is 14.8. The summed E-state index contributed by atoms with van der Waals surface area (Å²) in [5, 5.41) is 7.61. The van der Waals surface area contributed by atoms with Crippen LogP contribution in [0.4, 0.5) is 0 Å². The minimum Gasteiger partial charge on any atom is -0.474 e. The highest BCUT2D eigenvalue weighted by Gasteiger charge is 2.16. The lowest BCUT2D eigenvalue weighted by Crippen LogP contribution is -2.36. The van der Waals surface area contributed by atoms with Gasteiger partial charge in [-0.2, -0.15) is 0 Å². The Morgan fingerprint density at radius 3 is 2.58 bits per heavy atom. The second-order valence-electron chi connectivity index (χ2n) is 6.17. The van der Waals surface area contributed by atoms with Gasteiger partial charge in [-0.3, -0.25) is 4.99 Å². The Hall–Kier alpha value is -1.42. The Morgan fingerprint density at radius 2 is 1.96 bits per heavy atom. The zero-order valence-electron chi connectivity index (χ0n) is 15.2. The van der Waals surface area contributed by atoms with Gasteiger partial charge in [0.1, 0.15) is 11.1 Å². The average Bonchev–Trinajstić information content (AvgIpc) is 3.28. The van der Waals surface area contributed by atoms with Gasteiger partial charge >= 0.3 is 0 Å². The molecule has 142 valence electrons. The van der Waals surface area contributed by atoms with Crippen LogP contribution in [0.5, 0.6) is 5.88 Å². The number of ether oxygens (including phenoxy) is 1. The number of nitrogens with zero attached hydrogens (tertiary/aromatic N) is 3. The van der Waals surface area contributed by atoms with Crippen molar-refractivity contribution >= 4 is 41.3 Å². The van der Waals surface area contributed by atoms with E-state index in [0.717, 1.165) is 35.3 Å². The first-order chi connectivity index (χ1) is 12.2. The number of pyridine rings is 1. The van der Waals surface area contributed by atoms with E-state index in [-0.39, 0.29) is 24.0 Å². The molecule has 2 N–H and O–H groups in total. The molecule has 0 spiro atoms. The molecule has 0 unspecified atom stereocenters. The van der Waals surface area contributed by atoms with Gasteiger partial charge in [-0.05, 0) is 38.2 Å². The Kier molecular flexibility index (Phi) is 8.56. The van der Waals surface area contributed by atoms with Crippen LogP contribution in [0.25, 0.3) is 0 Å². The fourth-order valence-electron chi connectivity index (χ4n) is 2.81. The van der Waals surface area contributed by atoms with E-state index >= 15 is 0 Å². The van der Waals surface area contributed by atoms with E-state index in [0.29, 0.717) is 19.2 Å². The summed E-state index contributed by atoms with van der Waals surface area (Å²) < 4.78 is 5.89. The minimum absolute atomic E-state index is 0. The van der Waals surface area contributed by atoms with Crippen LogP contribution in [-0.2, 0) is 13.1 Å². The predicted molar refractivity (Wildman–Crippen MR) is 116 cm³/mol. The highest BCUT2D eigenvalue weighted by Crippen LogP contribution is 2.22. The van der Waals surface area contributed by atoms with Crippen LogP contribution in [0, 0.1) is 6.92 Å². The van der Waals surface area contributed by atoms with Crippen LogP contribution < -0.4 is 15.4 Å². The molecule has 2 heterocycles. The van der Waals surface area contributed by atoms with Gasteiger partial charge in [0.25, 0.3) is 0 Å². The minimum atomic E-state index is 0. The van der Waals surface area contributed by atoms with Crippen LogP contribution in [-0.4, -0.2) is 29.1 Å². The number of thiazole rings is 1. The Labute approximate surface area is 175 Å². The summed E-state index contributed by atoms with van der Waals surface area (Å²) in [5.74, 6) is 1.47. The number of aliphatic imine (C=N–C) groups is 1. The largest absolute Gasteiger partial charge is 0.474 e. The topological polar surface area (TPSA) is 71.4 Å². The summed E-state index contributed by atoms with van der Waals surface area (Å²) in [6.07, 6.45) is 8.90. The molecule has 2 aromatic heterocycles. The molecule has 8 heteroatoms. The third-order valence-corrected chi connectivity index (χ3v) is 5.06. The second kappa shape index (κ2) is 10.7. The van der Waals surface area contributed by atoms with Crippen molar-refractivity contribution in [3.8, 4) is 5.88 Å². The van der Waals surface area contributed by atoms with E-state index < -0.39 is 0 Å². The highest BCUT2D eigenvalue weighted by molar-refractivity contribution is 14.0. The van der Waals surface area contributed by atoms with Crippen LogP contribution in [0.15, 0.2) is 29.5 Å². The number of halogens is 1. The lowest BCUT2D eigenvalue weighted by molar-refractivity contribution is 0.201. The van der Waals surface area contributed by atoms with Crippen molar-refractivity contribution in [3.63, 3.8) is 0 Å². The van der Waals surface area contributed by atoms with E-state index in [4.69, 9.17) is 4.74 Å². The third-order valence-electron chi connectivity index (χ3n) is 4.15. The molecule has 3 rings (SSSR count). The average molecular weight is 487 g/mol. The Bertz CT molecular complexity index is 698. The molecule has 6 nitrogen and oxygen atoms in total. The van der Waals surface area contributed by atoms with Crippen molar-refractivity contribution in [3.05, 3.63) is 40.0 Å². The summed E-state index contributed by atoms with van der Waals surface area (Å²) in [4.78, 5) is 14.2. The number of hydrogen-bond donors (Lipinski definition) is 2. The van der Waals surface area contributed by atoms with E-state index in [1.54, 1.807) is 18.4 Å². The Morgan fingerprint density at radius 1 is 1.19 bits per heavy atom. The summed E-state index contributed by atoms with van der Waals surface area (Å²) in [6.45, 7) is 3.39. The molecule has 0 saturated heterocycles. The summed E-state index contributed by atoms with van der Waals surface area (Å²) >= 11 is 1.69. The smallest absolute Gasteiger partial charge is 0.213 e. The van der Waals surface area contributed by atoms with E-state index in [1.165, 1.54) is 17.7 Å². The van der Waals surface area contributed by atoms with Crippen molar-refractivity contribution in [2.75, 3.05) is 7.05 Å². The van der Waals surface area contributed by atoms with Gasteiger partial charge in [-0.15, -0.1) is 35.3 Å². The third kappa shape index (κ3) is 6.39. The number of rotatable bonds is 6. The maximum absolute atomic E-state index is 5.89. The second-order valence-corrected chi connectivity index (χ2v) is 7.49. The van der Waals surface area contributed by atoms with Crippen molar-refractivity contribution in [2.45, 2.75) is 51.8 Å². The summed E-state index contributed by atoms with van der Waals surface area (Å²) in [7, 11) is 1.76. The fraction of sp³-hybridized carbons (Fsp3) is 0.500. The van der Waals surface area contributed by atoms with Gasteiger partial charge in [0.15, 0.2) is 5.96 Å². The fourth-order valence-corrected chi connectivity index (χ4v) is 3.54. The first-order valence-corrected chi connectivity index (χ1v) is 9.52. The first kappa shape index (κ1) is 20.9. The molecular formula is C18H26IN5OS. The number of guanidine groups is 1. The zero-order chi connectivity index (χ0) is 17.5. The monoisotopic (exact) mass is 487 g/mol. The van der Waals surface area contributed by atoms with E-state index in [2.05, 4.69) is 32.5 Å². The van der Waals surface area contributed by atoms with Crippen molar-refractivity contribution in [1.82, 2.24) is 20.6 Å². The lowest BCUT2D eigenvalue weighted by atomic mass is 10.3. The SMILES string of the molecule is CN=C(NCc1ccc(OC2CCCC2)nc1)NCc1ncc(C)s1.I. The number of aryl methyl sites for hydroxylation is 1. The molecule has 1 saturated carbocycles. The number of aromatic nitrogens is 2. The molecule has 0 amide bonds. The van der Waals surface area contributed by atoms with Crippen LogP contribution in [0.1, 0.15) is 41.1 Å². The van der Waals surface area contributed by atoms with Gasteiger partial charge in [0.05, 0.1) is 6.54 Å². The van der Waals surface area contributed by atoms with Crippen molar-refractivity contribution in [2.24, 2.45) is 4.99 Å². The first-order valence-electron chi connectivity index (χ1n) is 8.70. The van der Waals surface area contributed by atoms with Gasteiger partial charge in [0, 0.05) is 36.9 Å². The van der Waals surface area contributed by atoms with Crippen LogP contribution in [0.2, 0.25) is 0 Å². The van der Waals surface area contributed by atoms with Crippen molar-refractivity contribution < 1.29 is 4.74 Å². The lowest BCUT2D eigenvalue weighted by Gasteiger charge is -2.13. The number of hydrogen-bond acceptors (Lipinski definition) is 5. The van der Waals surface area contributed by atoms with E-state index in [9.17, 15) is 0 Å². The summed E-state index contributed by atoms with van der Waals surface area (Å²) in [6, 6.07) is 3.99. The molecule has 1 aliphatic rings. The molecule has 1 aliphatic carbocycles. The van der Waals surface area contributed by atoms with Gasteiger partial charge in [-0.1, -0.05) is 6.07 Å². The summed E-state index contributed by atoms with van der Waals surface area (Å²) in [5.41, 5.74) is 1.09. The molecule has 0 atom stereocenters. The van der Waals surface area contributed by atoms with Gasteiger partial charge in [-0.25, -0.2) is 9.97 Å². The highest BCUT2D eigenvalue weighted by atomic mass is 127. The molecule has 0 radical (unpaired) electrons. The van der Waals surface area contributed by atoms with Crippen LogP contribution >= 0.6 is 35.3 Å². The molecule has 26 heavy (non-hydrogen) atoms. The van der Waals surface area contributed by atoms with Crippen molar-refractivity contribution in [1.29, 1.82) is 0 Å². The van der Waals surface area contributed by atoms with Gasteiger partial charge in [0.2, 0.25) is 5.88 Å². The van der Waals surface area contributed by atoms with Gasteiger partial charge < -0.3 is 15.4 Å². The molecular weight excluding hydrogens is 461 g/mol. The molecule has 0 aliphatic heterocycles. The van der Waals surface area contributed by atoms with Crippen LogP contribution in [0.3, 0.4) is 0 Å². The zero-order valence-corrected chi connectivity index (χ0v) is 18.3. The maximum Gasteiger partial charge on any atom is 0.213 e. The molecule has 0 aromatic carbocycles. The maximum atomic E-state index is 5.89. The van der Waals surface area contributed by atoms with E-state index in [1.807, 2.05) is 24.5 Å². The quantitative estimate of drug-likeness (QED) is 0.370. The Balaban J connectivity index is 0.00000243. The number of nitrogens with one attached hydrogen (secondary N) is 2. The predicted octanol–water partition coefficient (Wildman–Crippen LogP) is 3.65. The molecule has 1 fully saturated rings.